The number of ether oxygens (including phenoxy) is 1. The van der Waals surface area contributed by atoms with Gasteiger partial charge in [0.25, 0.3) is 11.8 Å². The average molecular weight is 582 g/mol. The van der Waals surface area contributed by atoms with E-state index in [4.69, 9.17) is 9.84 Å². The standard InChI is InChI=1S/C28H35N7O7/c36-23(32-12-14-33(15-13-32)28(40)41)17-29-26(38)21-16-25(35(31-21)20-8-2-1-3-9-20)42-18-24(37)34-11-5-10-22(34)27(39)30-19-6-4-7-19/h1-3,8-9,16,19,22H,4-7,10-15,17-18H2,(H,29,38)(H,30,39)(H,40,41)/t22-/m0/s1. The van der Waals surface area contributed by atoms with Gasteiger partial charge in [-0.2, -0.15) is 5.10 Å². The van der Waals surface area contributed by atoms with Crippen LogP contribution in [0.3, 0.4) is 0 Å². The van der Waals surface area contributed by atoms with Crippen molar-refractivity contribution in [3.63, 3.8) is 0 Å². The maximum absolute atomic E-state index is 13.1. The highest BCUT2D eigenvalue weighted by atomic mass is 16.5. The van der Waals surface area contributed by atoms with Gasteiger partial charge in [-0.3, -0.25) is 19.2 Å². The molecule has 3 fully saturated rings. The van der Waals surface area contributed by atoms with Crippen LogP contribution in [0.25, 0.3) is 5.69 Å². The molecular weight excluding hydrogens is 546 g/mol. The van der Waals surface area contributed by atoms with Gasteiger partial charge in [0.1, 0.15) is 6.04 Å². The minimum absolute atomic E-state index is 0.0104. The molecule has 1 aromatic heterocycles. The Morgan fingerprint density at radius 3 is 2.29 bits per heavy atom. The van der Waals surface area contributed by atoms with Gasteiger partial charge in [0.15, 0.2) is 12.3 Å². The summed E-state index contributed by atoms with van der Waals surface area (Å²) >= 11 is 0. The first kappa shape index (κ1) is 28.9. The molecule has 42 heavy (non-hydrogen) atoms. The number of nitrogens with one attached hydrogen (secondary N) is 2. The van der Waals surface area contributed by atoms with E-state index in [2.05, 4.69) is 15.7 Å². The van der Waals surface area contributed by atoms with Gasteiger partial charge >= 0.3 is 6.09 Å². The van der Waals surface area contributed by atoms with Crippen molar-refractivity contribution in [3.8, 4) is 11.6 Å². The van der Waals surface area contributed by atoms with E-state index < -0.39 is 18.0 Å². The molecule has 1 aliphatic carbocycles. The summed E-state index contributed by atoms with van der Waals surface area (Å²) in [7, 11) is 0. The SMILES string of the molecule is O=C(NCC(=O)N1CCN(C(=O)O)CC1)c1cc(OCC(=O)N2CCC[C@H]2C(=O)NC2CCC2)n(-c2ccccc2)n1. The van der Waals surface area contributed by atoms with Gasteiger partial charge in [0.2, 0.25) is 17.7 Å². The molecule has 1 saturated carbocycles. The van der Waals surface area contributed by atoms with Crippen LogP contribution in [0.1, 0.15) is 42.6 Å². The van der Waals surface area contributed by atoms with Gasteiger partial charge in [-0.05, 0) is 44.2 Å². The highest BCUT2D eigenvalue weighted by Crippen LogP contribution is 2.23. The van der Waals surface area contributed by atoms with E-state index in [1.54, 1.807) is 29.2 Å². The molecule has 0 bridgehead atoms. The Morgan fingerprint density at radius 2 is 1.62 bits per heavy atom. The van der Waals surface area contributed by atoms with Crippen LogP contribution in [0, 0.1) is 0 Å². The lowest BCUT2D eigenvalue weighted by molar-refractivity contribution is -0.140. The van der Waals surface area contributed by atoms with Gasteiger partial charge in [-0.15, -0.1) is 0 Å². The molecule has 0 radical (unpaired) electrons. The monoisotopic (exact) mass is 581 g/mol. The van der Waals surface area contributed by atoms with Crippen LogP contribution in [-0.2, 0) is 14.4 Å². The largest absolute Gasteiger partial charge is 0.467 e. The summed E-state index contributed by atoms with van der Waals surface area (Å²) in [5, 5.41) is 19.0. The summed E-state index contributed by atoms with van der Waals surface area (Å²) in [5.74, 6) is -1.24. The minimum atomic E-state index is -1.03. The lowest BCUT2D eigenvalue weighted by atomic mass is 9.93. The lowest BCUT2D eigenvalue weighted by Crippen LogP contribution is -2.52. The fraction of sp³-hybridized carbons (Fsp3) is 0.500. The number of carbonyl (C=O) groups excluding carboxylic acids is 4. The second-order valence-electron chi connectivity index (χ2n) is 10.6. The van der Waals surface area contributed by atoms with E-state index in [1.807, 2.05) is 6.07 Å². The third-order valence-electron chi connectivity index (χ3n) is 7.88. The summed E-state index contributed by atoms with van der Waals surface area (Å²) in [6.07, 6.45) is 3.33. The van der Waals surface area contributed by atoms with Crippen molar-refractivity contribution >= 4 is 29.7 Å². The van der Waals surface area contributed by atoms with Gasteiger partial charge in [-0.1, -0.05) is 18.2 Å². The number of aromatic nitrogens is 2. The summed E-state index contributed by atoms with van der Waals surface area (Å²) in [5.41, 5.74) is 0.592. The van der Waals surface area contributed by atoms with Crippen molar-refractivity contribution in [3.05, 3.63) is 42.1 Å². The topological polar surface area (TPSA) is 166 Å². The number of para-hydroxylation sites is 1. The minimum Gasteiger partial charge on any atom is -0.467 e. The number of rotatable bonds is 9. The van der Waals surface area contributed by atoms with E-state index in [0.717, 1.165) is 25.7 Å². The first-order chi connectivity index (χ1) is 20.3. The number of likely N-dealkylation sites (tertiary alicyclic amines) is 1. The molecular formula is C28H35N7O7. The van der Waals surface area contributed by atoms with E-state index in [1.165, 1.54) is 20.5 Å². The predicted octanol–water partition coefficient (Wildman–Crippen LogP) is 0.463. The Hall–Kier alpha value is -4.62. The highest BCUT2D eigenvalue weighted by molar-refractivity contribution is 5.95. The summed E-state index contributed by atoms with van der Waals surface area (Å²) < 4.78 is 7.26. The van der Waals surface area contributed by atoms with Gasteiger partial charge < -0.3 is 35.2 Å². The van der Waals surface area contributed by atoms with Gasteiger partial charge in [0, 0.05) is 44.8 Å². The van der Waals surface area contributed by atoms with Crippen LogP contribution in [0.2, 0.25) is 0 Å². The molecule has 0 unspecified atom stereocenters. The summed E-state index contributed by atoms with van der Waals surface area (Å²) in [4.78, 5) is 66.7. The quantitative estimate of drug-likeness (QED) is 0.384. The summed E-state index contributed by atoms with van der Waals surface area (Å²) in [6, 6.07) is 10.0. The molecule has 224 valence electrons. The molecule has 2 aromatic rings. The zero-order valence-electron chi connectivity index (χ0n) is 23.2. The highest BCUT2D eigenvalue weighted by Gasteiger charge is 2.36. The molecule has 3 heterocycles. The second kappa shape index (κ2) is 12.9. The molecule has 14 heteroatoms. The first-order valence-corrected chi connectivity index (χ1v) is 14.2. The summed E-state index contributed by atoms with van der Waals surface area (Å²) in [6.45, 7) is 0.756. The van der Waals surface area contributed by atoms with Crippen LogP contribution in [-0.4, -0.2) is 117 Å². The van der Waals surface area contributed by atoms with Crippen LogP contribution in [0.4, 0.5) is 4.79 Å². The fourth-order valence-corrected chi connectivity index (χ4v) is 5.24. The number of carbonyl (C=O) groups is 5. The third kappa shape index (κ3) is 6.64. The van der Waals surface area contributed by atoms with Crippen LogP contribution >= 0.6 is 0 Å². The van der Waals surface area contributed by atoms with Gasteiger partial charge in [-0.25, -0.2) is 9.48 Å². The lowest BCUT2D eigenvalue weighted by Gasteiger charge is -2.33. The molecule has 2 aliphatic heterocycles. The Morgan fingerprint density at radius 1 is 0.905 bits per heavy atom. The maximum atomic E-state index is 13.1. The van der Waals surface area contributed by atoms with E-state index >= 15 is 0 Å². The van der Waals surface area contributed by atoms with E-state index in [-0.39, 0.29) is 74.7 Å². The number of hydrogen-bond acceptors (Lipinski definition) is 7. The van der Waals surface area contributed by atoms with Crippen molar-refractivity contribution in [2.24, 2.45) is 0 Å². The van der Waals surface area contributed by atoms with E-state index in [0.29, 0.717) is 18.7 Å². The van der Waals surface area contributed by atoms with Crippen molar-refractivity contribution in [1.82, 2.24) is 35.1 Å². The fourth-order valence-electron chi connectivity index (χ4n) is 5.24. The molecule has 0 spiro atoms. The number of hydrogen-bond donors (Lipinski definition) is 3. The molecule has 14 nitrogen and oxygen atoms in total. The molecule has 1 atom stereocenters. The van der Waals surface area contributed by atoms with E-state index in [9.17, 15) is 24.0 Å². The Balaban J connectivity index is 1.21. The maximum Gasteiger partial charge on any atom is 0.407 e. The molecule has 3 N–H and O–H groups in total. The van der Waals surface area contributed by atoms with Crippen molar-refractivity contribution in [2.75, 3.05) is 45.9 Å². The Kier molecular flexibility index (Phi) is 8.88. The van der Waals surface area contributed by atoms with Gasteiger partial charge in [0.05, 0.1) is 12.2 Å². The number of benzene rings is 1. The number of piperazine rings is 1. The molecule has 5 rings (SSSR count). The third-order valence-corrected chi connectivity index (χ3v) is 7.88. The average Bonchev–Trinajstić information content (AvgIpc) is 3.65. The molecule has 3 aliphatic rings. The molecule has 5 amide bonds. The van der Waals surface area contributed by atoms with Crippen LogP contribution in [0.15, 0.2) is 36.4 Å². The predicted molar refractivity (Wildman–Crippen MR) is 148 cm³/mol. The Labute approximate surface area is 242 Å². The van der Waals surface area contributed by atoms with Crippen LogP contribution in [0.5, 0.6) is 5.88 Å². The smallest absolute Gasteiger partial charge is 0.407 e. The van der Waals surface area contributed by atoms with Crippen molar-refractivity contribution in [1.29, 1.82) is 0 Å². The zero-order valence-corrected chi connectivity index (χ0v) is 23.2. The number of carboxylic acid groups (broad SMARTS) is 1. The zero-order chi connectivity index (χ0) is 29.6. The van der Waals surface area contributed by atoms with Crippen molar-refractivity contribution in [2.45, 2.75) is 44.2 Å². The number of amides is 5. The second-order valence-corrected chi connectivity index (χ2v) is 10.6. The first-order valence-electron chi connectivity index (χ1n) is 14.2. The Bertz CT molecular complexity index is 1320. The van der Waals surface area contributed by atoms with Crippen molar-refractivity contribution < 1.29 is 33.8 Å². The number of nitrogens with zero attached hydrogens (tertiary/aromatic N) is 5. The van der Waals surface area contributed by atoms with Crippen LogP contribution < -0.4 is 15.4 Å². The normalized spacial score (nSPS) is 18.8. The molecule has 2 saturated heterocycles. The molecule has 1 aromatic carbocycles.